The molecular formula is C8H15NO2S. The van der Waals surface area contributed by atoms with E-state index in [1.165, 1.54) is 7.11 Å². The molecular weight excluding hydrogens is 174 g/mol. The van der Waals surface area contributed by atoms with E-state index in [4.69, 9.17) is 0 Å². The molecule has 1 saturated heterocycles. The highest BCUT2D eigenvalue weighted by Gasteiger charge is 2.29. The van der Waals surface area contributed by atoms with Crippen molar-refractivity contribution in [3.8, 4) is 0 Å². The van der Waals surface area contributed by atoms with Gasteiger partial charge in [-0.15, -0.1) is 11.8 Å². The first kappa shape index (κ1) is 9.86. The molecule has 0 aromatic carbocycles. The van der Waals surface area contributed by atoms with Gasteiger partial charge in [0.15, 0.2) is 0 Å². The van der Waals surface area contributed by atoms with Crippen molar-refractivity contribution < 1.29 is 9.53 Å². The summed E-state index contributed by atoms with van der Waals surface area (Å²) >= 11 is 1.81. The fraction of sp³-hybridized carbons (Fsp3) is 0.875. The number of hydrogen-bond donors (Lipinski definition) is 1. The van der Waals surface area contributed by atoms with Crippen molar-refractivity contribution in [2.75, 3.05) is 12.9 Å². The summed E-state index contributed by atoms with van der Waals surface area (Å²) in [4.78, 5) is 11.1. The van der Waals surface area contributed by atoms with E-state index in [2.05, 4.69) is 17.0 Å². The lowest BCUT2D eigenvalue weighted by Gasteiger charge is -2.09. The average Bonchev–Trinajstić information content (AvgIpc) is 2.52. The van der Waals surface area contributed by atoms with Crippen LogP contribution in [-0.4, -0.2) is 30.2 Å². The molecule has 0 aromatic rings. The number of nitrogens with one attached hydrogen (secondary N) is 1. The van der Waals surface area contributed by atoms with Crippen LogP contribution in [0.15, 0.2) is 0 Å². The van der Waals surface area contributed by atoms with Gasteiger partial charge in [0.05, 0.1) is 12.5 Å². The molecule has 1 heterocycles. The van der Waals surface area contributed by atoms with Gasteiger partial charge in [0.2, 0.25) is 0 Å². The number of thioether (sulfide) groups is 1. The standard InChI is InChI=1S/C8H15NO2S/c1-3-4-7-9-6(5-12-7)8(10)11-2/h6-7,9H,3-5H2,1-2H3/t6-,7?/m0/s1. The molecule has 70 valence electrons. The van der Waals surface area contributed by atoms with Gasteiger partial charge in [-0.25, -0.2) is 0 Å². The molecule has 0 bridgehead atoms. The zero-order valence-corrected chi connectivity index (χ0v) is 8.32. The Morgan fingerprint density at radius 1 is 1.75 bits per heavy atom. The summed E-state index contributed by atoms with van der Waals surface area (Å²) in [5.41, 5.74) is 0. The summed E-state index contributed by atoms with van der Waals surface area (Å²) in [6.07, 6.45) is 2.27. The van der Waals surface area contributed by atoms with Gasteiger partial charge in [0, 0.05) is 5.75 Å². The highest BCUT2D eigenvalue weighted by Crippen LogP contribution is 2.22. The van der Waals surface area contributed by atoms with Gasteiger partial charge in [0.25, 0.3) is 0 Å². The Morgan fingerprint density at radius 2 is 2.50 bits per heavy atom. The van der Waals surface area contributed by atoms with Crippen molar-refractivity contribution >= 4 is 17.7 Å². The number of carbonyl (C=O) groups excluding carboxylic acids is 1. The van der Waals surface area contributed by atoms with Gasteiger partial charge in [-0.3, -0.25) is 10.1 Å². The van der Waals surface area contributed by atoms with Gasteiger partial charge in [0.1, 0.15) is 6.04 Å². The van der Waals surface area contributed by atoms with Crippen LogP contribution in [0.2, 0.25) is 0 Å². The third-order valence-electron chi connectivity index (χ3n) is 1.89. The molecule has 0 saturated carbocycles. The lowest BCUT2D eigenvalue weighted by Crippen LogP contribution is -2.37. The summed E-state index contributed by atoms with van der Waals surface area (Å²) < 4.78 is 4.65. The van der Waals surface area contributed by atoms with Crippen LogP contribution < -0.4 is 5.32 Å². The Hall–Kier alpha value is -0.220. The molecule has 0 aromatic heterocycles. The second-order valence-corrected chi connectivity index (χ2v) is 4.09. The molecule has 0 spiro atoms. The zero-order chi connectivity index (χ0) is 8.97. The summed E-state index contributed by atoms with van der Waals surface area (Å²) in [6.45, 7) is 2.15. The van der Waals surface area contributed by atoms with Crippen molar-refractivity contribution in [1.29, 1.82) is 0 Å². The van der Waals surface area contributed by atoms with Crippen molar-refractivity contribution in [2.24, 2.45) is 0 Å². The van der Waals surface area contributed by atoms with Crippen LogP contribution in [0.4, 0.5) is 0 Å². The van der Waals surface area contributed by atoms with Gasteiger partial charge < -0.3 is 4.74 Å². The first-order valence-corrected chi connectivity index (χ1v) is 5.28. The van der Waals surface area contributed by atoms with Gasteiger partial charge in [-0.2, -0.15) is 0 Å². The Kier molecular flexibility index (Phi) is 3.88. The van der Waals surface area contributed by atoms with Crippen molar-refractivity contribution in [1.82, 2.24) is 5.32 Å². The molecule has 1 N–H and O–H groups in total. The third kappa shape index (κ3) is 2.38. The SMILES string of the molecule is CCCC1N[C@H](C(=O)OC)CS1. The van der Waals surface area contributed by atoms with Crippen LogP contribution in [0, 0.1) is 0 Å². The maximum Gasteiger partial charge on any atom is 0.323 e. The average molecular weight is 189 g/mol. The van der Waals surface area contributed by atoms with E-state index in [1.807, 2.05) is 0 Å². The van der Waals surface area contributed by atoms with E-state index in [-0.39, 0.29) is 12.0 Å². The van der Waals surface area contributed by atoms with Crippen LogP contribution in [-0.2, 0) is 9.53 Å². The zero-order valence-electron chi connectivity index (χ0n) is 7.50. The van der Waals surface area contributed by atoms with Crippen LogP contribution >= 0.6 is 11.8 Å². The molecule has 2 atom stereocenters. The molecule has 0 radical (unpaired) electrons. The first-order valence-electron chi connectivity index (χ1n) is 4.23. The number of rotatable bonds is 3. The summed E-state index contributed by atoms with van der Waals surface area (Å²) in [6, 6.07) is -0.0865. The predicted molar refractivity (Wildman–Crippen MR) is 50.1 cm³/mol. The van der Waals surface area contributed by atoms with Gasteiger partial charge >= 0.3 is 5.97 Å². The van der Waals surface area contributed by atoms with Crippen LogP contribution in [0.5, 0.6) is 0 Å². The van der Waals surface area contributed by atoms with Crippen LogP contribution in [0.1, 0.15) is 19.8 Å². The van der Waals surface area contributed by atoms with E-state index >= 15 is 0 Å². The fourth-order valence-corrected chi connectivity index (χ4v) is 2.56. The quantitative estimate of drug-likeness (QED) is 0.672. The number of carbonyl (C=O) groups is 1. The smallest absolute Gasteiger partial charge is 0.323 e. The minimum Gasteiger partial charge on any atom is -0.468 e. The fourth-order valence-electron chi connectivity index (χ4n) is 1.24. The van der Waals surface area contributed by atoms with E-state index in [0.29, 0.717) is 5.37 Å². The lowest BCUT2D eigenvalue weighted by molar-refractivity contribution is -0.142. The van der Waals surface area contributed by atoms with E-state index in [0.717, 1.165) is 18.6 Å². The Balaban J connectivity index is 2.30. The maximum absolute atomic E-state index is 11.1. The Morgan fingerprint density at radius 3 is 3.08 bits per heavy atom. The van der Waals surface area contributed by atoms with Crippen LogP contribution in [0.25, 0.3) is 0 Å². The number of ether oxygens (including phenoxy) is 1. The molecule has 0 aliphatic carbocycles. The lowest BCUT2D eigenvalue weighted by atomic mass is 10.3. The van der Waals surface area contributed by atoms with Gasteiger partial charge in [-0.05, 0) is 6.42 Å². The second kappa shape index (κ2) is 4.72. The molecule has 1 fully saturated rings. The second-order valence-electron chi connectivity index (χ2n) is 2.85. The molecule has 1 aliphatic heterocycles. The molecule has 1 aliphatic rings. The minimum absolute atomic E-state index is 0.0865. The molecule has 1 rings (SSSR count). The summed E-state index contributed by atoms with van der Waals surface area (Å²) in [7, 11) is 1.43. The van der Waals surface area contributed by atoms with Crippen molar-refractivity contribution in [3.05, 3.63) is 0 Å². The molecule has 1 unspecified atom stereocenters. The van der Waals surface area contributed by atoms with Crippen LogP contribution in [0.3, 0.4) is 0 Å². The highest BCUT2D eigenvalue weighted by atomic mass is 32.2. The highest BCUT2D eigenvalue weighted by molar-refractivity contribution is 8.00. The predicted octanol–water partition coefficient (Wildman–Crippen LogP) is 0.991. The van der Waals surface area contributed by atoms with E-state index in [9.17, 15) is 4.79 Å². The monoisotopic (exact) mass is 189 g/mol. The number of hydrogen-bond acceptors (Lipinski definition) is 4. The minimum atomic E-state index is -0.138. The molecule has 4 heteroatoms. The normalized spacial score (nSPS) is 28.8. The number of esters is 1. The van der Waals surface area contributed by atoms with Crippen molar-refractivity contribution in [3.63, 3.8) is 0 Å². The Bertz CT molecular complexity index is 163. The molecule has 3 nitrogen and oxygen atoms in total. The Labute approximate surface area is 77.2 Å². The number of methoxy groups -OCH3 is 1. The summed E-state index contributed by atoms with van der Waals surface area (Å²) in [5.74, 6) is 0.707. The van der Waals surface area contributed by atoms with E-state index in [1.54, 1.807) is 11.8 Å². The van der Waals surface area contributed by atoms with Gasteiger partial charge in [-0.1, -0.05) is 13.3 Å². The topological polar surface area (TPSA) is 38.3 Å². The largest absolute Gasteiger partial charge is 0.468 e. The first-order chi connectivity index (χ1) is 5.77. The third-order valence-corrected chi connectivity index (χ3v) is 3.19. The molecule has 0 amide bonds. The summed E-state index contributed by atoms with van der Waals surface area (Å²) in [5, 5.41) is 3.67. The molecule has 12 heavy (non-hydrogen) atoms. The maximum atomic E-state index is 11.1. The van der Waals surface area contributed by atoms with E-state index < -0.39 is 0 Å². The van der Waals surface area contributed by atoms with Crippen molar-refractivity contribution in [2.45, 2.75) is 31.2 Å².